The Morgan fingerprint density at radius 2 is 1.52 bits per heavy atom. The van der Waals surface area contributed by atoms with Gasteiger partial charge in [0.1, 0.15) is 12.1 Å². The summed E-state index contributed by atoms with van der Waals surface area (Å²) in [5, 5.41) is 8.88. The number of rotatable bonds is 16. The number of Topliss-reactive ketones (excluding diaryl/α,β-unsaturated/α-hetero) is 1. The lowest BCUT2D eigenvalue weighted by molar-refractivity contribution is -0.143. The summed E-state index contributed by atoms with van der Waals surface area (Å²) in [7, 11) is -3.37. The molecule has 3 N–H and O–H groups in total. The van der Waals surface area contributed by atoms with Crippen molar-refractivity contribution >= 4 is 33.0 Å². The van der Waals surface area contributed by atoms with Gasteiger partial charge in [-0.05, 0) is 58.3 Å². The van der Waals surface area contributed by atoms with Gasteiger partial charge in [-0.15, -0.1) is 0 Å². The molecule has 2 rings (SSSR count). The zero-order valence-electron chi connectivity index (χ0n) is 29.2. The summed E-state index contributed by atoms with van der Waals surface area (Å²) in [4.78, 5) is 54.9. The number of nitrogens with one attached hydrogen (secondary N) is 3. The zero-order chi connectivity index (χ0) is 33.5. The fraction of sp³-hybridized carbons (Fsp3) is 0.879. The molecule has 2 fully saturated rings. The van der Waals surface area contributed by atoms with Crippen LogP contribution in [0.3, 0.4) is 0 Å². The molecule has 0 aromatic heterocycles. The quantitative estimate of drug-likeness (QED) is 0.159. The van der Waals surface area contributed by atoms with E-state index in [1.807, 2.05) is 55.4 Å². The summed E-state index contributed by atoms with van der Waals surface area (Å²) >= 11 is 0. The average molecular weight is 643 g/mol. The Hall–Kier alpha value is -2.01. The van der Waals surface area contributed by atoms with Crippen LogP contribution in [-0.2, 0) is 27.9 Å². The van der Waals surface area contributed by atoms with Crippen LogP contribution in [0.1, 0.15) is 127 Å². The molecule has 2 heterocycles. The Bertz CT molecular complexity index is 1090. The molecule has 0 aromatic carbocycles. The molecule has 0 aromatic rings. The fourth-order valence-electron chi connectivity index (χ4n) is 6.01. The molecule has 11 heteroatoms. The third-order valence-corrected chi connectivity index (χ3v) is 14.2. The molecular formula is C33H62N4O6S. The number of unbranched alkanes of at least 4 members (excludes halogenated alkanes) is 4. The summed E-state index contributed by atoms with van der Waals surface area (Å²) in [5.41, 5.74) is -0.653. The molecule has 44 heavy (non-hydrogen) atoms. The van der Waals surface area contributed by atoms with Crippen molar-refractivity contribution in [2.45, 2.75) is 156 Å². The lowest BCUT2D eigenvalue weighted by Crippen LogP contribution is -2.61. The van der Waals surface area contributed by atoms with Crippen LogP contribution >= 0.6 is 0 Å². The monoisotopic (exact) mass is 642 g/mol. The van der Waals surface area contributed by atoms with E-state index >= 15 is 0 Å². The molecule has 2 saturated heterocycles. The smallest absolute Gasteiger partial charge is 0.315 e. The third-order valence-electron chi connectivity index (χ3n) is 9.44. The molecule has 10 nitrogen and oxygen atoms in total. The molecule has 0 aliphatic carbocycles. The molecule has 0 bridgehead atoms. The molecule has 0 radical (unpaired) electrons. The van der Waals surface area contributed by atoms with Crippen molar-refractivity contribution in [1.82, 2.24) is 20.9 Å². The predicted molar refractivity (Wildman–Crippen MR) is 178 cm³/mol. The minimum atomic E-state index is -3.37. The van der Waals surface area contributed by atoms with Crippen molar-refractivity contribution in [3.05, 3.63) is 0 Å². The molecule has 0 saturated carbocycles. The number of amides is 4. The van der Waals surface area contributed by atoms with Gasteiger partial charge in [0.15, 0.2) is 11.7 Å². The van der Waals surface area contributed by atoms with Crippen molar-refractivity contribution in [2.24, 2.45) is 11.3 Å². The highest BCUT2D eigenvalue weighted by atomic mass is 32.3. The van der Waals surface area contributed by atoms with Gasteiger partial charge >= 0.3 is 6.03 Å². The van der Waals surface area contributed by atoms with E-state index in [0.717, 1.165) is 38.5 Å². The second-order valence-corrected chi connectivity index (χ2v) is 19.7. The zero-order valence-corrected chi connectivity index (χ0v) is 30.0. The molecule has 5 atom stereocenters. The van der Waals surface area contributed by atoms with Crippen molar-refractivity contribution in [3.8, 4) is 0 Å². The molecule has 256 valence electrons. The van der Waals surface area contributed by atoms with Gasteiger partial charge in [-0.3, -0.25) is 18.6 Å². The number of urea groups is 1. The second kappa shape index (κ2) is 15.1. The number of hydrogen-bond donors (Lipinski definition) is 3. The fourth-order valence-corrected chi connectivity index (χ4v) is 9.09. The summed E-state index contributed by atoms with van der Waals surface area (Å²) in [5.74, 6) is -0.394. The Labute approximate surface area is 266 Å². The SMILES string of the molecule is CCCCCCC(CS1(=O)(C(C)(C)C)CO1)NC(=O)NC(C(=O)N1CCC(C)C1C(=O)N[C@H](CCCC)C(C)=O)C(C)(C)C. The number of nitrogens with zero attached hydrogens (tertiary/aromatic N) is 1. The van der Waals surface area contributed by atoms with Crippen LogP contribution in [0.4, 0.5) is 4.79 Å². The first-order chi connectivity index (χ1) is 20.3. The van der Waals surface area contributed by atoms with E-state index in [4.69, 9.17) is 4.18 Å². The first kappa shape index (κ1) is 38.2. The van der Waals surface area contributed by atoms with Gasteiger partial charge in [0.25, 0.3) is 0 Å². The third kappa shape index (κ3) is 9.50. The Morgan fingerprint density at radius 3 is 2.02 bits per heavy atom. The number of carbonyl (C=O) groups is 4. The van der Waals surface area contributed by atoms with Crippen LogP contribution in [0, 0.1) is 11.3 Å². The van der Waals surface area contributed by atoms with Crippen LogP contribution < -0.4 is 16.0 Å². The molecular weight excluding hydrogens is 580 g/mol. The Kier molecular flexibility index (Phi) is 13.1. The van der Waals surface area contributed by atoms with Crippen molar-refractivity contribution in [2.75, 3.05) is 18.2 Å². The van der Waals surface area contributed by atoms with Crippen LogP contribution in [0.2, 0.25) is 0 Å². The van der Waals surface area contributed by atoms with Gasteiger partial charge < -0.3 is 20.9 Å². The molecule has 0 spiro atoms. The van der Waals surface area contributed by atoms with Gasteiger partial charge in [0.2, 0.25) is 11.8 Å². The van der Waals surface area contributed by atoms with E-state index in [2.05, 4.69) is 22.9 Å². The van der Waals surface area contributed by atoms with Crippen molar-refractivity contribution in [1.29, 1.82) is 0 Å². The Morgan fingerprint density at radius 1 is 0.909 bits per heavy atom. The van der Waals surface area contributed by atoms with Crippen LogP contribution in [0.25, 0.3) is 0 Å². The molecule has 4 amide bonds. The maximum atomic E-state index is 14.1. The minimum Gasteiger partial charge on any atom is -0.345 e. The second-order valence-electron chi connectivity index (χ2n) is 15.2. The summed E-state index contributed by atoms with van der Waals surface area (Å²) < 4.78 is 19.2. The van der Waals surface area contributed by atoms with Crippen LogP contribution in [0.5, 0.6) is 0 Å². The van der Waals surface area contributed by atoms with E-state index in [9.17, 15) is 23.4 Å². The van der Waals surface area contributed by atoms with E-state index in [1.165, 1.54) is 6.92 Å². The summed E-state index contributed by atoms with van der Waals surface area (Å²) in [6.07, 6.45) is 7.67. The largest absolute Gasteiger partial charge is 0.345 e. The highest BCUT2D eigenvalue weighted by molar-refractivity contribution is 8.21. The normalized spacial score (nSPS) is 23.9. The van der Waals surface area contributed by atoms with E-state index < -0.39 is 43.7 Å². The molecule has 2 aliphatic heterocycles. The van der Waals surface area contributed by atoms with Crippen molar-refractivity contribution < 1.29 is 27.6 Å². The minimum absolute atomic E-state index is 0.0936. The standard InChI is InChI=1S/C33H62N4O6S/c1-11-13-15-16-17-25(21-44(42,22-43-44)33(8,9)10)34-31(41)36-28(32(5,6)7)30(40)37-20-19-23(3)27(37)29(39)35-26(24(4)38)18-14-12-2/h23,25-28H,11-22H2,1-10H3,(H,35,39)(H2,34,36,41)/t23?,25?,26-,27?,28?/m1/s1. The van der Waals surface area contributed by atoms with E-state index in [1.54, 1.807) is 4.90 Å². The van der Waals surface area contributed by atoms with Crippen LogP contribution in [0.15, 0.2) is 0 Å². The number of hydrogen-bond acceptors (Lipinski definition) is 6. The van der Waals surface area contributed by atoms with Gasteiger partial charge in [-0.25, -0.2) is 9.00 Å². The lowest BCUT2D eigenvalue weighted by Gasteiger charge is -2.41. The lowest BCUT2D eigenvalue weighted by atomic mass is 9.85. The Balaban J connectivity index is 2.23. The first-order valence-corrected chi connectivity index (χ1v) is 19.0. The van der Waals surface area contributed by atoms with Gasteiger partial charge in [0.05, 0.1) is 16.5 Å². The molecule has 4 unspecified atom stereocenters. The molecule has 2 aliphatic rings. The van der Waals surface area contributed by atoms with Gasteiger partial charge in [0, 0.05) is 12.6 Å². The highest BCUT2D eigenvalue weighted by Gasteiger charge is 2.57. The topological polar surface area (TPSA) is 137 Å². The number of likely N-dealkylation sites (tertiary alicyclic amines) is 1. The number of ketones is 1. The van der Waals surface area contributed by atoms with Gasteiger partial charge in [-0.1, -0.05) is 80.1 Å². The van der Waals surface area contributed by atoms with Gasteiger partial charge in [-0.2, -0.15) is 9.35 Å². The van der Waals surface area contributed by atoms with E-state index in [0.29, 0.717) is 25.8 Å². The maximum absolute atomic E-state index is 14.1. The average Bonchev–Trinajstić information content (AvgIpc) is 3.47. The number of carbonyl (C=O) groups excluding carboxylic acids is 4. The summed E-state index contributed by atoms with van der Waals surface area (Å²) in [6.45, 7) is 19.4. The summed E-state index contributed by atoms with van der Waals surface area (Å²) in [6, 6.07) is -3.09. The maximum Gasteiger partial charge on any atom is 0.315 e. The van der Waals surface area contributed by atoms with Crippen LogP contribution in [-0.4, -0.2) is 79.9 Å². The highest BCUT2D eigenvalue weighted by Crippen LogP contribution is 2.53. The first-order valence-electron chi connectivity index (χ1n) is 16.7. The predicted octanol–water partition coefficient (Wildman–Crippen LogP) is 5.06. The van der Waals surface area contributed by atoms with E-state index in [-0.39, 0.29) is 41.2 Å². The van der Waals surface area contributed by atoms with Crippen molar-refractivity contribution in [3.63, 3.8) is 0 Å².